The summed E-state index contributed by atoms with van der Waals surface area (Å²) in [6.07, 6.45) is -0.529. The summed E-state index contributed by atoms with van der Waals surface area (Å²) in [5.41, 5.74) is 3.39. The van der Waals surface area contributed by atoms with Crippen LogP contribution in [0, 0.1) is 6.92 Å². The van der Waals surface area contributed by atoms with Crippen molar-refractivity contribution in [2.45, 2.75) is 26.0 Å². The standard InChI is InChI=1S/C17H20ClNO/c1-12-5-3-4-6-16(12)13(2)19-11-17(20)14-7-9-15(18)10-8-14/h3-10,13,17,19-20H,11H2,1-2H3/t13-,17?/m1/s1. The van der Waals surface area contributed by atoms with Crippen molar-refractivity contribution in [3.8, 4) is 0 Å². The first kappa shape index (κ1) is 15.0. The number of halogens is 1. The molecule has 2 atom stereocenters. The van der Waals surface area contributed by atoms with Crippen LogP contribution in [0.4, 0.5) is 0 Å². The number of rotatable bonds is 5. The zero-order valence-electron chi connectivity index (χ0n) is 11.8. The van der Waals surface area contributed by atoms with E-state index in [4.69, 9.17) is 11.6 Å². The predicted octanol–water partition coefficient (Wildman–Crippen LogP) is 4.03. The van der Waals surface area contributed by atoms with Gasteiger partial charge >= 0.3 is 0 Å². The van der Waals surface area contributed by atoms with E-state index < -0.39 is 6.10 Å². The second-order valence-corrected chi connectivity index (χ2v) is 5.49. The Labute approximate surface area is 125 Å². The summed E-state index contributed by atoms with van der Waals surface area (Å²) in [6, 6.07) is 15.8. The van der Waals surface area contributed by atoms with Crippen molar-refractivity contribution in [1.82, 2.24) is 5.32 Å². The van der Waals surface area contributed by atoms with Crippen molar-refractivity contribution >= 4 is 11.6 Å². The van der Waals surface area contributed by atoms with Crippen LogP contribution in [0.1, 0.15) is 35.8 Å². The van der Waals surface area contributed by atoms with Gasteiger partial charge in [0.05, 0.1) is 6.10 Å². The highest BCUT2D eigenvalue weighted by Gasteiger charge is 2.11. The van der Waals surface area contributed by atoms with Gasteiger partial charge in [-0.25, -0.2) is 0 Å². The summed E-state index contributed by atoms with van der Waals surface area (Å²) in [5, 5.41) is 14.2. The zero-order chi connectivity index (χ0) is 14.5. The molecule has 0 fully saturated rings. The molecule has 0 aromatic heterocycles. The second kappa shape index (κ2) is 6.89. The van der Waals surface area contributed by atoms with Crippen LogP contribution in [-0.4, -0.2) is 11.7 Å². The average molecular weight is 290 g/mol. The summed E-state index contributed by atoms with van der Waals surface area (Å²) >= 11 is 5.84. The van der Waals surface area contributed by atoms with E-state index in [1.807, 2.05) is 24.3 Å². The minimum Gasteiger partial charge on any atom is -0.387 e. The van der Waals surface area contributed by atoms with Crippen LogP contribution in [0.25, 0.3) is 0 Å². The van der Waals surface area contributed by atoms with Crippen molar-refractivity contribution in [2.75, 3.05) is 6.54 Å². The van der Waals surface area contributed by atoms with Gasteiger partial charge in [-0.05, 0) is 42.7 Å². The molecule has 2 N–H and O–H groups in total. The largest absolute Gasteiger partial charge is 0.387 e. The van der Waals surface area contributed by atoms with Gasteiger partial charge in [0, 0.05) is 17.6 Å². The number of hydrogen-bond donors (Lipinski definition) is 2. The molecule has 3 heteroatoms. The Hall–Kier alpha value is -1.35. The highest BCUT2D eigenvalue weighted by molar-refractivity contribution is 6.30. The Morgan fingerprint density at radius 3 is 2.40 bits per heavy atom. The lowest BCUT2D eigenvalue weighted by molar-refractivity contribution is 0.171. The van der Waals surface area contributed by atoms with Gasteiger partial charge in [-0.1, -0.05) is 48.0 Å². The van der Waals surface area contributed by atoms with Gasteiger partial charge in [-0.3, -0.25) is 0 Å². The average Bonchev–Trinajstić information content (AvgIpc) is 2.45. The maximum Gasteiger partial charge on any atom is 0.0914 e. The number of benzene rings is 2. The fraction of sp³-hybridized carbons (Fsp3) is 0.294. The maximum absolute atomic E-state index is 10.2. The summed E-state index contributed by atoms with van der Waals surface area (Å²) in [4.78, 5) is 0. The monoisotopic (exact) mass is 289 g/mol. The number of aliphatic hydroxyl groups is 1. The maximum atomic E-state index is 10.2. The van der Waals surface area contributed by atoms with Crippen LogP contribution < -0.4 is 5.32 Å². The first-order valence-corrected chi connectivity index (χ1v) is 7.18. The molecule has 0 heterocycles. The second-order valence-electron chi connectivity index (χ2n) is 5.05. The Kier molecular flexibility index (Phi) is 5.18. The lowest BCUT2D eigenvalue weighted by Gasteiger charge is -2.19. The van der Waals surface area contributed by atoms with Gasteiger partial charge in [0.1, 0.15) is 0 Å². The van der Waals surface area contributed by atoms with Gasteiger partial charge in [0.2, 0.25) is 0 Å². The van der Waals surface area contributed by atoms with Crippen LogP contribution >= 0.6 is 11.6 Å². The predicted molar refractivity (Wildman–Crippen MR) is 84.0 cm³/mol. The molecule has 0 saturated heterocycles. The van der Waals surface area contributed by atoms with E-state index in [1.165, 1.54) is 11.1 Å². The topological polar surface area (TPSA) is 32.3 Å². The molecule has 0 radical (unpaired) electrons. The zero-order valence-corrected chi connectivity index (χ0v) is 12.6. The molecule has 2 aromatic rings. The van der Waals surface area contributed by atoms with Crippen LogP contribution in [-0.2, 0) is 0 Å². The molecule has 0 spiro atoms. The fourth-order valence-corrected chi connectivity index (χ4v) is 2.40. The highest BCUT2D eigenvalue weighted by atomic mass is 35.5. The van der Waals surface area contributed by atoms with Crippen molar-refractivity contribution < 1.29 is 5.11 Å². The molecular weight excluding hydrogens is 270 g/mol. The molecule has 0 amide bonds. The molecule has 0 aliphatic rings. The summed E-state index contributed by atoms with van der Waals surface area (Å²) in [7, 11) is 0. The Morgan fingerprint density at radius 1 is 1.10 bits per heavy atom. The van der Waals surface area contributed by atoms with E-state index in [2.05, 4.69) is 31.3 Å². The van der Waals surface area contributed by atoms with Crippen LogP contribution in [0.3, 0.4) is 0 Å². The van der Waals surface area contributed by atoms with Gasteiger partial charge < -0.3 is 10.4 Å². The quantitative estimate of drug-likeness (QED) is 0.871. The lowest BCUT2D eigenvalue weighted by Crippen LogP contribution is -2.25. The van der Waals surface area contributed by atoms with E-state index in [1.54, 1.807) is 12.1 Å². The number of aliphatic hydroxyl groups excluding tert-OH is 1. The van der Waals surface area contributed by atoms with E-state index in [-0.39, 0.29) is 6.04 Å². The minimum atomic E-state index is -0.529. The van der Waals surface area contributed by atoms with Crippen molar-refractivity contribution in [3.63, 3.8) is 0 Å². The van der Waals surface area contributed by atoms with Crippen molar-refractivity contribution in [1.29, 1.82) is 0 Å². The number of nitrogens with one attached hydrogen (secondary N) is 1. The Bertz CT molecular complexity index is 553. The molecule has 0 aliphatic heterocycles. The third-order valence-corrected chi connectivity index (χ3v) is 3.78. The van der Waals surface area contributed by atoms with E-state index in [0.717, 1.165) is 5.56 Å². The SMILES string of the molecule is Cc1ccccc1[C@@H](C)NCC(O)c1ccc(Cl)cc1. The Morgan fingerprint density at radius 2 is 1.75 bits per heavy atom. The number of aryl methyl sites for hydroxylation is 1. The molecule has 1 unspecified atom stereocenters. The third-order valence-electron chi connectivity index (χ3n) is 3.53. The molecule has 106 valence electrons. The minimum absolute atomic E-state index is 0.207. The van der Waals surface area contributed by atoms with Gasteiger partial charge in [0.25, 0.3) is 0 Å². The third kappa shape index (κ3) is 3.83. The Balaban J connectivity index is 1.95. The van der Waals surface area contributed by atoms with Crippen LogP contribution in [0.15, 0.2) is 48.5 Å². The molecule has 2 rings (SSSR count). The van der Waals surface area contributed by atoms with Gasteiger partial charge in [0.15, 0.2) is 0 Å². The van der Waals surface area contributed by atoms with Crippen LogP contribution in [0.2, 0.25) is 5.02 Å². The summed E-state index contributed by atoms with van der Waals surface area (Å²) in [5.74, 6) is 0. The fourth-order valence-electron chi connectivity index (χ4n) is 2.27. The smallest absolute Gasteiger partial charge is 0.0914 e. The molecule has 0 saturated carbocycles. The van der Waals surface area contributed by atoms with E-state index >= 15 is 0 Å². The first-order chi connectivity index (χ1) is 9.58. The van der Waals surface area contributed by atoms with Crippen molar-refractivity contribution in [2.24, 2.45) is 0 Å². The highest BCUT2D eigenvalue weighted by Crippen LogP contribution is 2.19. The summed E-state index contributed by atoms with van der Waals surface area (Å²) in [6.45, 7) is 4.72. The number of hydrogen-bond acceptors (Lipinski definition) is 2. The molecule has 20 heavy (non-hydrogen) atoms. The molecule has 0 bridgehead atoms. The molecule has 2 aromatic carbocycles. The molecular formula is C17H20ClNO. The van der Waals surface area contributed by atoms with E-state index in [0.29, 0.717) is 11.6 Å². The normalized spacial score (nSPS) is 14.0. The first-order valence-electron chi connectivity index (χ1n) is 6.80. The molecule has 2 nitrogen and oxygen atoms in total. The van der Waals surface area contributed by atoms with Gasteiger partial charge in [-0.15, -0.1) is 0 Å². The van der Waals surface area contributed by atoms with Gasteiger partial charge in [-0.2, -0.15) is 0 Å². The summed E-state index contributed by atoms with van der Waals surface area (Å²) < 4.78 is 0. The molecule has 0 aliphatic carbocycles. The van der Waals surface area contributed by atoms with Crippen LogP contribution in [0.5, 0.6) is 0 Å². The lowest BCUT2D eigenvalue weighted by atomic mass is 10.0. The van der Waals surface area contributed by atoms with E-state index in [9.17, 15) is 5.11 Å². The van der Waals surface area contributed by atoms with Crippen molar-refractivity contribution in [3.05, 3.63) is 70.2 Å².